The molecule has 0 aliphatic rings. The highest BCUT2D eigenvalue weighted by Crippen LogP contribution is 2.16. The fraction of sp³-hybridized carbons (Fsp3) is 0.833. The van der Waals surface area contributed by atoms with E-state index in [2.05, 4.69) is 44.2 Å². The minimum absolute atomic E-state index is 0. The molecule has 2 N–H and O–H groups in total. The summed E-state index contributed by atoms with van der Waals surface area (Å²) in [6, 6.07) is 0.0332. The van der Waals surface area contributed by atoms with Crippen molar-refractivity contribution < 1.29 is 8.42 Å². The molecule has 0 spiro atoms. The molecule has 1 aromatic heterocycles. The lowest BCUT2D eigenvalue weighted by Crippen LogP contribution is -2.42. The van der Waals surface area contributed by atoms with Crippen LogP contribution in [0.25, 0.3) is 0 Å². The molecule has 8 nitrogen and oxygen atoms in total. The third-order valence-corrected chi connectivity index (χ3v) is 5.65. The number of nitrogens with zero attached hydrogens (tertiary/aromatic N) is 4. The average molecular weight is 561 g/mol. The van der Waals surface area contributed by atoms with E-state index in [0.717, 1.165) is 42.9 Å². The summed E-state index contributed by atoms with van der Waals surface area (Å²) in [6.45, 7) is 10.7. The lowest BCUT2D eigenvalue weighted by atomic mass is 10.2. The van der Waals surface area contributed by atoms with E-state index < -0.39 is 9.84 Å². The number of rotatable bonds is 12. The van der Waals surface area contributed by atoms with Crippen LogP contribution in [0, 0.1) is 5.92 Å². The molecule has 11 heteroatoms. The van der Waals surface area contributed by atoms with Crippen molar-refractivity contribution in [3.05, 3.63) is 5.82 Å². The number of guanidine groups is 1. The molecule has 0 aromatic carbocycles. The number of hydrogen-bond donors (Lipinski definition) is 2. The number of aliphatic imine (C=N–C) groups is 1. The van der Waals surface area contributed by atoms with Gasteiger partial charge < -0.3 is 15.2 Å². The van der Waals surface area contributed by atoms with E-state index in [1.165, 1.54) is 6.26 Å². The molecule has 0 aliphatic heterocycles. The molecule has 1 unspecified atom stereocenters. The van der Waals surface area contributed by atoms with Crippen LogP contribution in [-0.2, 0) is 22.8 Å². The summed E-state index contributed by atoms with van der Waals surface area (Å²) >= 11 is 1.62. The zero-order valence-electron chi connectivity index (χ0n) is 18.4. The molecule has 0 amide bonds. The van der Waals surface area contributed by atoms with Gasteiger partial charge in [0.05, 0.1) is 5.75 Å². The largest absolute Gasteiger partial charge is 0.357 e. The van der Waals surface area contributed by atoms with Crippen molar-refractivity contribution in [1.82, 2.24) is 25.4 Å². The molecule has 0 saturated carbocycles. The van der Waals surface area contributed by atoms with Crippen molar-refractivity contribution in [3.63, 3.8) is 0 Å². The molecule has 170 valence electrons. The number of halogens is 1. The van der Waals surface area contributed by atoms with E-state index >= 15 is 0 Å². The summed E-state index contributed by atoms with van der Waals surface area (Å²) in [6.07, 6.45) is 5.54. The minimum atomic E-state index is -2.95. The van der Waals surface area contributed by atoms with Gasteiger partial charge in [0.15, 0.2) is 11.1 Å². The summed E-state index contributed by atoms with van der Waals surface area (Å²) in [5.41, 5.74) is 0. The van der Waals surface area contributed by atoms with Gasteiger partial charge in [-0.05, 0) is 38.9 Å². The second-order valence-corrected chi connectivity index (χ2v) is 10.5. The fourth-order valence-electron chi connectivity index (χ4n) is 2.65. The first-order valence-electron chi connectivity index (χ1n) is 9.84. The maximum absolute atomic E-state index is 11.3. The fourth-order valence-corrected chi connectivity index (χ4v) is 3.95. The van der Waals surface area contributed by atoms with Gasteiger partial charge in [-0.3, -0.25) is 4.99 Å². The second kappa shape index (κ2) is 14.4. The summed E-state index contributed by atoms with van der Waals surface area (Å²) in [5.74, 6) is 2.44. The van der Waals surface area contributed by atoms with Crippen LogP contribution < -0.4 is 10.6 Å². The van der Waals surface area contributed by atoms with Crippen molar-refractivity contribution in [2.75, 3.05) is 31.4 Å². The van der Waals surface area contributed by atoms with Gasteiger partial charge in [-0.15, -0.1) is 34.2 Å². The van der Waals surface area contributed by atoms with E-state index in [-0.39, 0.29) is 35.8 Å². The molecule has 29 heavy (non-hydrogen) atoms. The third-order valence-electron chi connectivity index (χ3n) is 4.00. The Morgan fingerprint density at radius 2 is 1.97 bits per heavy atom. The Bertz CT molecular complexity index is 722. The van der Waals surface area contributed by atoms with Crippen molar-refractivity contribution in [1.29, 1.82) is 0 Å². The molecule has 0 radical (unpaired) electrons. The van der Waals surface area contributed by atoms with Gasteiger partial charge in [0, 0.05) is 38.4 Å². The van der Waals surface area contributed by atoms with E-state index in [0.29, 0.717) is 18.9 Å². The lowest BCUT2D eigenvalue weighted by Gasteiger charge is -2.17. The summed E-state index contributed by atoms with van der Waals surface area (Å²) < 4.78 is 24.8. The predicted molar refractivity (Wildman–Crippen MR) is 133 cm³/mol. The van der Waals surface area contributed by atoms with Gasteiger partial charge in [-0.25, -0.2) is 8.42 Å². The number of thioether (sulfide) groups is 1. The minimum Gasteiger partial charge on any atom is -0.357 e. The normalized spacial score (nSPS) is 13.3. The number of hydrogen-bond acceptors (Lipinski definition) is 6. The topological polar surface area (TPSA) is 101 Å². The molecule has 1 atom stereocenters. The lowest BCUT2D eigenvalue weighted by molar-refractivity contribution is 0.477. The molecule has 1 rings (SSSR count). The number of sulfone groups is 1. The molecule has 0 bridgehead atoms. The van der Waals surface area contributed by atoms with Crippen LogP contribution >= 0.6 is 35.7 Å². The van der Waals surface area contributed by atoms with Crippen LogP contribution in [0.4, 0.5) is 0 Å². The Balaban J connectivity index is 0.00000784. The number of nitrogens with one attached hydrogen (secondary N) is 2. The van der Waals surface area contributed by atoms with Crippen molar-refractivity contribution in [2.45, 2.75) is 64.7 Å². The van der Waals surface area contributed by atoms with Gasteiger partial charge >= 0.3 is 0 Å². The molecule has 0 fully saturated rings. The predicted octanol–water partition coefficient (Wildman–Crippen LogP) is 2.58. The summed E-state index contributed by atoms with van der Waals surface area (Å²) in [4.78, 5) is 4.61. The van der Waals surface area contributed by atoms with Crippen LogP contribution in [0.3, 0.4) is 0 Å². The van der Waals surface area contributed by atoms with E-state index in [4.69, 9.17) is 0 Å². The van der Waals surface area contributed by atoms with Gasteiger partial charge in [0.2, 0.25) is 0 Å². The first-order valence-corrected chi connectivity index (χ1v) is 13.1. The Kier molecular flexibility index (Phi) is 14.2. The molecule has 1 heterocycles. The smallest absolute Gasteiger partial charge is 0.191 e. The maximum atomic E-state index is 11.3. The van der Waals surface area contributed by atoms with Crippen molar-refractivity contribution in [2.24, 2.45) is 10.9 Å². The highest BCUT2D eigenvalue weighted by Gasteiger charge is 2.13. The van der Waals surface area contributed by atoms with Gasteiger partial charge in [-0.2, -0.15) is 0 Å². The SMILES string of the molecule is CCNC(=NCCCc1nnc(SC)n1CC(C)C)NC(C)CCS(C)(=O)=O.I. The van der Waals surface area contributed by atoms with Gasteiger partial charge in [0.1, 0.15) is 15.7 Å². The number of aromatic nitrogens is 3. The van der Waals surface area contributed by atoms with Crippen LogP contribution in [-0.4, -0.2) is 66.5 Å². The average Bonchev–Trinajstić information content (AvgIpc) is 2.97. The second-order valence-electron chi connectivity index (χ2n) is 7.44. The van der Waals surface area contributed by atoms with E-state index in [1.54, 1.807) is 11.8 Å². The highest BCUT2D eigenvalue weighted by atomic mass is 127. The Morgan fingerprint density at radius 3 is 2.52 bits per heavy atom. The Hall–Kier alpha value is -0.560. The van der Waals surface area contributed by atoms with Crippen LogP contribution in [0.5, 0.6) is 0 Å². The summed E-state index contributed by atoms with van der Waals surface area (Å²) in [5, 5.41) is 16.1. The highest BCUT2D eigenvalue weighted by molar-refractivity contribution is 14.0. The first kappa shape index (κ1) is 28.4. The van der Waals surface area contributed by atoms with E-state index in [1.807, 2.05) is 20.1 Å². The zero-order valence-corrected chi connectivity index (χ0v) is 22.4. The zero-order chi connectivity index (χ0) is 21.2. The number of aryl methyl sites for hydroxylation is 1. The van der Waals surface area contributed by atoms with Crippen molar-refractivity contribution >= 4 is 51.5 Å². The summed E-state index contributed by atoms with van der Waals surface area (Å²) in [7, 11) is -2.95. The van der Waals surface area contributed by atoms with Crippen LogP contribution in [0.1, 0.15) is 46.4 Å². The maximum Gasteiger partial charge on any atom is 0.191 e. The van der Waals surface area contributed by atoms with Gasteiger partial charge in [-0.1, -0.05) is 25.6 Å². The van der Waals surface area contributed by atoms with Crippen LogP contribution in [0.15, 0.2) is 10.1 Å². The van der Waals surface area contributed by atoms with Crippen LogP contribution in [0.2, 0.25) is 0 Å². The van der Waals surface area contributed by atoms with Crippen molar-refractivity contribution in [3.8, 4) is 0 Å². The molecule has 0 aliphatic carbocycles. The molecule has 0 saturated heterocycles. The Morgan fingerprint density at radius 1 is 1.28 bits per heavy atom. The monoisotopic (exact) mass is 560 g/mol. The molecular formula is C18H37IN6O2S2. The first-order chi connectivity index (χ1) is 13.2. The molecule has 1 aromatic rings. The third kappa shape index (κ3) is 12.0. The van der Waals surface area contributed by atoms with E-state index in [9.17, 15) is 8.42 Å². The standard InChI is InChI=1S/C18H36N6O2S2.HI/c1-7-19-17(21-15(4)10-12-28(6,25)26)20-11-8-9-16-22-23-18(27-5)24(16)13-14(2)3;/h14-15H,7-13H2,1-6H3,(H2,19,20,21);1H. The van der Waals surface area contributed by atoms with Gasteiger partial charge in [0.25, 0.3) is 0 Å². The quantitative estimate of drug-likeness (QED) is 0.133. The molecular weight excluding hydrogens is 523 g/mol. The Labute approximate surface area is 197 Å².